The zero-order valence-corrected chi connectivity index (χ0v) is 20.0. The lowest BCUT2D eigenvalue weighted by Crippen LogP contribution is -2.26. The van der Waals surface area contributed by atoms with Gasteiger partial charge in [-0.05, 0) is 51.0 Å². The van der Waals surface area contributed by atoms with E-state index in [0.717, 1.165) is 37.1 Å². The monoisotopic (exact) mass is 464 g/mol. The number of rotatable bonds is 9. The van der Waals surface area contributed by atoms with Crippen LogP contribution in [0.25, 0.3) is 0 Å². The van der Waals surface area contributed by atoms with Crippen LogP contribution in [0.1, 0.15) is 36.8 Å². The van der Waals surface area contributed by atoms with Gasteiger partial charge in [-0.15, -0.1) is 0 Å². The molecule has 182 valence electrons. The average Bonchev–Trinajstić information content (AvgIpc) is 2.78. The highest BCUT2D eigenvalue weighted by molar-refractivity contribution is 6.01. The molecule has 34 heavy (non-hydrogen) atoms. The zero-order valence-electron chi connectivity index (χ0n) is 20.0. The van der Waals surface area contributed by atoms with Crippen molar-refractivity contribution in [1.82, 2.24) is 0 Å². The fourth-order valence-corrected chi connectivity index (χ4v) is 2.91. The first kappa shape index (κ1) is 26.2. The third kappa shape index (κ3) is 11.0. The summed E-state index contributed by atoms with van der Waals surface area (Å²) in [5, 5.41) is 5.97. The van der Waals surface area contributed by atoms with Crippen LogP contribution in [0.15, 0.2) is 68.5 Å². The van der Waals surface area contributed by atoms with Gasteiger partial charge in [0.05, 0.1) is 0 Å². The van der Waals surface area contributed by atoms with E-state index in [1.165, 1.54) is 11.1 Å². The average molecular weight is 465 g/mol. The molecule has 0 heterocycles. The number of hydrogen-bond acceptors (Lipinski definition) is 2. The van der Waals surface area contributed by atoms with Gasteiger partial charge in [0.1, 0.15) is 0 Å². The Balaban J connectivity index is 1.61. The summed E-state index contributed by atoms with van der Waals surface area (Å²) in [5.74, 6) is 0.726. The molecule has 2 rings (SSSR count). The number of hydrogen-bond donors (Lipinski definition) is 6. The molecule has 0 atom stereocenters. The maximum absolute atomic E-state index is 5.86. The van der Waals surface area contributed by atoms with Gasteiger partial charge in [0.25, 0.3) is 0 Å². The third-order valence-electron chi connectivity index (χ3n) is 4.73. The first-order chi connectivity index (χ1) is 16.3. The van der Waals surface area contributed by atoms with Gasteiger partial charge in [-0.25, -0.2) is 0 Å². The lowest BCUT2D eigenvalue weighted by atomic mass is 10.2. The Morgan fingerprint density at radius 3 is 1.29 bits per heavy atom. The van der Waals surface area contributed by atoms with Gasteiger partial charge in [0, 0.05) is 24.5 Å². The second-order valence-electron chi connectivity index (χ2n) is 7.87. The third-order valence-corrected chi connectivity index (χ3v) is 4.73. The number of anilines is 2. The molecule has 0 aromatic heterocycles. The molecule has 0 amide bonds. The van der Waals surface area contributed by atoms with E-state index >= 15 is 0 Å². The summed E-state index contributed by atoms with van der Waals surface area (Å²) in [6.45, 7) is 5.21. The summed E-state index contributed by atoms with van der Waals surface area (Å²) in [7, 11) is 0. The summed E-state index contributed by atoms with van der Waals surface area (Å²) >= 11 is 0. The van der Waals surface area contributed by atoms with Gasteiger partial charge < -0.3 is 33.6 Å². The van der Waals surface area contributed by atoms with Crippen LogP contribution in [0.3, 0.4) is 0 Å². The molecule has 0 unspecified atom stereocenters. The van der Waals surface area contributed by atoms with Crippen molar-refractivity contribution in [3.8, 4) is 0 Å². The summed E-state index contributed by atoms with van der Waals surface area (Å²) in [6, 6.07) is 15.6. The molecule has 2 aromatic rings. The van der Waals surface area contributed by atoms with E-state index in [-0.39, 0.29) is 23.8 Å². The summed E-state index contributed by atoms with van der Waals surface area (Å²) in [6.07, 6.45) is 3.78. The van der Waals surface area contributed by atoms with E-state index < -0.39 is 0 Å². The van der Waals surface area contributed by atoms with E-state index in [0.29, 0.717) is 13.1 Å². The van der Waals surface area contributed by atoms with Crippen molar-refractivity contribution in [3.05, 3.63) is 59.7 Å². The molecule has 2 aromatic carbocycles. The number of unbranched alkanes of at least 4 members (excludes halogenated alkanes) is 3. The van der Waals surface area contributed by atoms with Crippen molar-refractivity contribution in [3.63, 3.8) is 0 Å². The normalized spacial score (nSPS) is 13.1. The van der Waals surface area contributed by atoms with Crippen molar-refractivity contribution >= 4 is 35.2 Å². The summed E-state index contributed by atoms with van der Waals surface area (Å²) in [4.78, 5) is 16.6. The van der Waals surface area contributed by atoms with Crippen molar-refractivity contribution in [2.45, 2.75) is 39.5 Å². The van der Waals surface area contributed by atoms with E-state index in [2.05, 4.69) is 30.6 Å². The highest BCUT2D eigenvalue weighted by Gasteiger charge is 1.98. The van der Waals surface area contributed by atoms with Crippen LogP contribution in [0.2, 0.25) is 0 Å². The first-order valence-electron chi connectivity index (χ1n) is 11.3. The van der Waals surface area contributed by atoms with Crippen LogP contribution in [-0.2, 0) is 0 Å². The number of aryl methyl sites for hydroxylation is 2. The molecule has 10 N–H and O–H groups in total. The highest BCUT2D eigenvalue weighted by atomic mass is 15.2. The second-order valence-corrected chi connectivity index (χ2v) is 7.87. The van der Waals surface area contributed by atoms with E-state index in [9.17, 15) is 0 Å². The summed E-state index contributed by atoms with van der Waals surface area (Å²) < 4.78 is 0. The predicted molar refractivity (Wildman–Crippen MR) is 144 cm³/mol. The first-order valence-corrected chi connectivity index (χ1v) is 11.3. The topological polar surface area (TPSA) is 178 Å². The standard InChI is InChI=1S/C24H36N10/c1-17-7-11-19(12-8-17)31-23(27)33-21(25)29-15-5-3-4-6-16-30-22(26)34-24(28)32-20-13-9-18(2)10-14-20/h7-14H,3-6,15-16H2,1-2H3,(H5,25,27,29,31,33)(H5,26,28,30,32,34). The van der Waals surface area contributed by atoms with Crippen molar-refractivity contribution in [2.24, 2.45) is 42.9 Å². The van der Waals surface area contributed by atoms with Crippen LogP contribution in [0.4, 0.5) is 11.4 Å². The molecule has 10 heteroatoms. The van der Waals surface area contributed by atoms with E-state index in [4.69, 9.17) is 22.9 Å². The minimum Gasteiger partial charge on any atom is -0.369 e. The second kappa shape index (κ2) is 14.1. The Hall–Kier alpha value is -4.08. The van der Waals surface area contributed by atoms with Crippen LogP contribution < -0.4 is 33.6 Å². The molecular weight excluding hydrogens is 428 g/mol. The minimum atomic E-state index is 0.157. The van der Waals surface area contributed by atoms with Gasteiger partial charge in [0.15, 0.2) is 0 Å². The molecule has 0 aliphatic rings. The molecule has 0 saturated carbocycles. The van der Waals surface area contributed by atoms with Crippen LogP contribution in [-0.4, -0.2) is 36.9 Å². The molecular formula is C24H36N10. The molecule has 0 spiro atoms. The molecule has 0 aliphatic heterocycles. The van der Waals surface area contributed by atoms with Crippen molar-refractivity contribution in [2.75, 3.05) is 23.7 Å². The fraction of sp³-hybridized carbons (Fsp3) is 0.333. The molecule has 0 aliphatic carbocycles. The number of nitrogens with one attached hydrogen (secondary N) is 2. The van der Waals surface area contributed by atoms with Gasteiger partial charge in [0.2, 0.25) is 23.8 Å². The largest absolute Gasteiger partial charge is 0.369 e. The molecule has 0 saturated heterocycles. The lowest BCUT2D eigenvalue weighted by Gasteiger charge is -2.05. The van der Waals surface area contributed by atoms with Gasteiger partial charge in [-0.3, -0.25) is 9.98 Å². The Kier molecular flexibility index (Phi) is 10.9. The molecule has 0 radical (unpaired) electrons. The van der Waals surface area contributed by atoms with Crippen LogP contribution >= 0.6 is 0 Å². The number of guanidine groups is 4. The van der Waals surface area contributed by atoms with E-state index in [1.54, 1.807) is 0 Å². The maximum atomic E-state index is 5.86. The lowest BCUT2D eigenvalue weighted by molar-refractivity contribution is 0.653. The SMILES string of the molecule is Cc1ccc(N/C(N)=N/C(N)=NCCCCCCN=C(N)/N=C(\N)Nc2ccc(C)cc2)cc1. The Morgan fingerprint density at radius 2 is 0.941 bits per heavy atom. The predicted octanol–water partition coefficient (Wildman–Crippen LogP) is 2.65. The quantitative estimate of drug-likeness (QED) is 0.189. The van der Waals surface area contributed by atoms with Gasteiger partial charge >= 0.3 is 0 Å². The Labute approximate surface area is 201 Å². The molecule has 0 fully saturated rings. The van der Waals surface area contributed by atoms with Gasteiger partial charge in [-0.2, -0.15) is 9.98 Å². The smallest absolute Gasteiger partial charge is 0.218 e. The fourth-order valence-electron chi connectivity index (χ4n) is 2.91. The number of nitrogens with two attached hydrogens (primary N) is 4. The Bertz CT molecular complexity index is 922. The van der Waals surface area contributed by atoms with Crippen LogP contribution in [0, 0.1) is 13.8 Å². The Morgan fingerprint density at radius 1 is 0.588 bits per heavy atom. The molecule has 10 nitrogen and oxygen atoms in total. The van der Waals surface area contributed by atoms with Gasteiger partial charge in [-0.1, -0.05) is 48.2 Å². The number of nitrogens with zero attached hydrogens (tertiary/aromatic N) is 4. The summed E-state index contributed by atoms with van der Waals surface area (Å²) in [5.41, 5.74) is 27.4. The van der Waals surface area contributed by atoms with E-state index in [1.807, 2.05) is 62.4 Å². The number of aliphatic imine (C=N–C) groups is 4. The highest BCUT2D eigenvalue weighted by Crippen LogP contribution is 2.08. The maximum Gasteiger partial charge on any atom is 0.218 e. The zero-order chi connectivity index (χ0) is 24.8. The molecule has 0 bridgehead atoms. The van der Waals surface area contributed by atoms with Crippen LogP contribution in [0.5, 0.6) is 0 Å². The van der Waals surface area contributed by atoms with Crippen molar-refractivity contribution < 1.29 is 0 Å². The minimum absolute atomic E-state index is 0.157. The van der Waals surface area contributed by atoms with Crippen molar-refractivity contribution in [1.29, 1.82) is 0 Å². The number of benzene rings is 2.